The fourth-order valence-corrected chi connectivity index (χ4v) is 1.89. The number of likely N-dealkylation sites (N-methyl/N-ethyl adjacent to an activating group) is 1. The van der Waals surface area contributed by atoms with Gasteiger partial charge in [-0.2, -0.15) is 5.10 Å². The first kappa shape index (κ1) is 14.9. The Labute approximate surface area is 111 Å². The lowest BCUT2D eigenvalue weighted by Gasteiger charge is -2.16. The Morgan fingerprint density at radius 2 is 2.16 bits per heavy atom. The van der Waals surface area contributed by atoms with Crippen LogP contribution in [0.2, 0.25) is 0 Å². The summed E-state index contributed by atoms with van der Waals surface area (Å²) in [5, 5.41) is 15.2. The second-order valence-corrected chi connectivity index (χ2v) is 4.01. The molecule has 0 fully saturated rings. The maximum absolute atomic E-state index is 11.4. The maximum Gasteiger partial charge on any atom is 0.334 e. The third kappa shape index (κ3) is 3.21. The van der Waals surface area contributed by atoms with Gasteiger partial charge in [0.05, 0.1) is 11.5 Å². The largest absolute Gasteiger partial charge is 0.465 e. The minimum atomic E-state index is -0.469. The van der Waals surface area contributed by atoms with Crippen molar-refractivity contribution in [2.45, 2.75) is 20.3 Å². The average molecular weight is 270 g/mol. The van der Waals surface area contributed by atoms with Gasteiger partial charge in [-0.3, -0.25) is 14.9 Å². The van der Waals surface area contributed by atoms with Crippen LogP contribution in [-0.4, -0.2) is 40.9 Å². The van der Waals surface area contributed by atoms with Crippen LogP contribution in [-0.2, 0) is 23.0 Å². The standard InChI is InChI=1S/C11H18N4O4/c1-5-8-10(15(17)18)11(14(4)12-8)13(3)7-9(16)19-6-2/h5-7H2,1-4H3. The van der Waals surface area contributed by atoms with Crippen LogP contribution in [0.25, 0.3) is 0 Å². The highest BCUT2D eigenvalue weighted by atomic mass is 16.6. The third-order valence-corrected chi connectivity index (χ3v) is 2.61. The second kappa shape index (κ2) is 6.17. The van der Waals surface area contributed by atoms with E-state index in [2.05, 4.69) is 5.10 Å². The lowest BCUT2D eigenvalue weighted by Crippen LogP contribution is -2.29. The van der Waals surface area contributed by atoms with Gasteiger partial charge < -0.3 is 9.64 Å². The number of anilines is 1. The van der Waals surface area contributed by atoms with E-state index in [1.54, 1.807) is 27.9 Å². The number of nitrogens with zero attached hydrogens (tertiary/aromatic N) is 4. The molecule has 0 N–H and O–H groups in total. The van der Waals surface area contributed by atoms with Crippen molar-refractivity contribution in [1.82, 2.24) is 9.78 Å². The summed E-state index contributed by atoms with van der Waals surface area (Å²) in [5.41, 5.74) is 0.343. The molecule has 1 heterocycles. The van der Waals surface area contributed by atoms with Crippen molar-refractivity contribution in [3.8, 4) is 0 Å². The number of carbonyl (C=O) groups is 1. The summed E-state index contributed by atoms with van der Waals surface area (Å²) in [7, 11) is 3.21. The molecule has 0 aliphatic heterocycles. The molecule has 0 aliphatic rings. The molecule has 0 saturated carbocycles. The van der Waals surface area contributed by atoms with E-state index in [0.29, 0.717) is 17.9 Å². The monoisotopic (exact) mass is 270 g/mol. The van der Waals surface area contributed by atoms with Gasteiger partial charge in [-0.05, 0) is 13.3 Å². The van der Waals surface area contributed by atoms with Gasteiger partial charge in [0.25, 0.3) is 0 Å². The first-order valence-corrected chi connectivity index (χ1v) is 5.99. The van der Waals surface area contributed by atoms with E-state index in [4.69, 9.17) is 4.74 Å². The van der Waals surface area contributed by atoms with E-state index >= 15 is 0 Å². The Morgan fingerprint density at radius 3 is 2.63 bits per heavy atom. The van der Waals surface area contributed by atoms with Crippen LogP contribution >= 0.6 is 0 Å². The van der Waals surface area contributed by atoms with Crippen LogP contribution in [0.15, 0.2) is 0 Å². The van der Waals surface area contributed by atoms with Crippen LogP contribution in [0.3, 0.4) is 0 Å². The first-order valence-electron chi connectivity index (χ1n) is 5.99. The van der Waals surface area contributed by atoms with Gasteiger partial charge in [0.2, 0.25) is 5.82 Å². The number of nitro groups is 1. The van der Waals surface area contributed by atoms with Crippen LogP contribution in [0.5, 0.6) is 0 Å². The number of esters is 1. The maximum atomic E-state index is 11.4. The molecule has 0 atom stereocenters. The predicted molar refractivity (Wildman–Crippen MR) is 69.1 cm³/mol. The number of aromatic nitrogens is 2. The molecule has 0 amide bonds. The third-order valence-electron chi connectivity index (χ3n) is 2.61. The molecule has 8 heteroatoms. The van der Waals surface area contributed by atoms with Gasteiger partial charge in [0.15, 0.2) is 0 Å². The normalized spacial score (nSPS) is 10.3. The molecular formula is C11H18N4O4. The van der Waals surface area contributed by atoms with Crippen LogP contribution < -0.4 is 4.90 Å². The van der Waals surface area contributed by atoms with E-state index in [0.717, 1.165) is 0 Å². The zero-order valence-corrected chi connectivity index (χ0v) is 11.5. The van der Waals surface area contributed by atoms with Gasteiger partial charge in [-0.15, -0.1) is 0 Å². The Hall–Kier alpha value is -2.12. The molecule has 0 aliphatic carbocycles. The smallest absolute Gasteiger partial charge is 0.334 e. The summed E-state index contributed by atoms with van der Waals surface area (Å²) in [5.74, 6) is -0.131. The summed E-state index contributed by atoms with van der Waals surface area (Å²) in [6.07, 6.45) is 0.456. The SMILES string of the molecule is CCOC(=O)CN(C)c1c([N+](=O)[O-])c(CC)nn1C. The highest BCUT2D eigenvalue weighted by Crippen LogP contribution is 2.30. The van der Waals surface area contributed by atoms with Crippen LogP contribution in [0.4, 0.5) is 11.5 Å². The van der Waals surface area contributed by atoms with Crippen molar-refractivity contribution in [3.63, 3.8) is 0 Å². The Kier molecular flexibility index (Phi) is 4.85. The summed E-state index contributed by atoms with van der Waals surface area (Å²) in [4.78, 5) is 23.6. The van der Waals surface area contributed by atoms with E-state index < -0.39 is 10.9 Å². The molecule has 0 unspecified atom stereocenters. The van der Waals surface area contributed by atoms with E-state index in [9.17, 15) is 14.9 Å². The van der Waals surface area contributed by atoms with Crippen molar-refractivity contribution in [3.05, 3.63) is 15.8 Å². The molecule has 106 valence electrons. The molecule has 0 aromatic carbocycles. The van der Waals surface area contributed by atoms with E-state index in [1.165, 1.54) is 9.58 Å². The lowest BCUT2D eigenvalue weighted by atomic mass is 10.3. The molecule has 0 spiro atoms. The number of carbonyl (C=O) groups excluding carboxylic acids is 1. The molecule has 0 bridgehead atoms. The molecule has 8 nitrogen and oxygen atoms in total. The Balaban J connectivity index is 3.08. The number of hydrogen-bond acceptors (Lipinski definition) is 6. The van der Waals surface area contributed by atoms with E-state index in [-0.39, 0.29) is 18.8 Å². The van der Waals surface area contributed by atoms with Gasteiger partial charge in [0.1, 0.15) is 12.2 Å². The van der Waals surface area contributed by atoms with Crippen molar-refractivity contribution in [1.29, 1.82) is 0 Å². The van der Waals surface area contributed by atoms with E-state index in [1.807, 2.05) is 0 Å². The Morgan fingerprint density at radius 1 is 1.53 bits per heavy atom. The molecular weight excluding hydrogens is 252 g/mol. The molecule has 1 aromatic heterocycles. The van der Waals surface area contributed by atoms with Crippen molar-refractivity contribution >= 4 is 17.5 Å². The molecule has 0 radical (unpaired) electrons. The number of ether oxygens (including phenoxy) is 1. The molecule has 1 rings (SSSR count). The van der Waals surface area contributed by atoms with Crippen LogP contribution in [0.1, 0.15) is 19.5 Å². The fraction of sp³-hybridized carbons (Fsp3) is 0.636. The molecule has 0 saturated heterocycles. The van der Waals surface area contributed by atoms with Gasteiger partial charge in [0, 0.05) is 14.1 Å². The van der Waals surface area contributed by atoms with Crippen molar-refractivity contribution in [2.24, 2.45) is 7.05 Å². The zero-order valence-electron chi connectivity index (χ0n) is 11.5. The average Bonchev–Trinajstić information content (AvgIpc) is 2.66. The minimum absolute atomic E-state index is 0.0582. The second-order valence-electron chi connectivity index (χ2n) is 4.01. The quantitative estimate of drug-likeness (QED) is 0.433. The van der Waals surface area contributed by atoms with Gasteiger partial charge >= 0.3 is 11.7 Å². The highest BCUT2D eigenvalue weighted by molar-refractivity contribution is 5.77. The number of rotatable bonds is 6. The Bertz CT molecular complexity index is 483. The molecule has 1 aromatic rings. The fourth-order valence-electron chi connectivity index (χ4n) is 1.89. The van der Waals surface area contributed by atoms with Crippen molar-refractivity contribution in [2.75, 3.05) is 25.1 Å². The first-order chi connectivity index (χ1) is 8.92. The molecule has 19 heavy (non-hydrogen) atoms. The summed E-state index contributed by atoms with van der Waals surface area (Å²) in [6, 6.07) is 0. The minimum Gasteiger partial charge on any atom is -0.465 e. The van der Waals surface area contributed by atoms with Crippen LogP contribution in [0, 0.1) is 10.1 Å². The summed E-state index contributed by atoms with van der Waals surface area (Å²) < 4.78 is 6.24. The lowest BCUT2D eigenvalue weighted by molar-refractivity contribution is -0.384. The van der Waals surface area contributed by atoms with Crippen molar-refractivity contribution < 1.29 is 14.5 Å². The number of aryl methyl sites for hydroxylation is 2. The zero-order chi connectivity index (χ0) is 14.6. The summed E-state index contributed by atoms with van der Waals surface area (Å²) >= 11 is 0. The number of hydrogen-bond donors (Lipinski definition) is 0. The van der Waals surface area contributed by atoms with Gasteiger partial charge in [-0.1, -0.05) is 6.92 Å². The predicted octanol–water partition coefficient (Wildman–Crippen LogP) is 0.890. The highest BCUT2D eigenvalue weighted by Gasteiger charge is 2.29. The topological polar surface area (TPSA) is 90.5 Å². The van der Waals surface area contributed by atoms with Gasteiger partial charge in [-0.25, -0.2) is 4.68 Å². The summed E-state index contributed by atoms with van der Waals surface area (Å²) in [6.45, 7) is 3.72.